The normalized spacial score (nSPS) is 11.5. The summed E-state index contributed by atoms with van der Waals surface area (Å²) in [6.45, 7) is 0. The van der Waals surface area contributed by atoms with Gasteiger partial charge in [0.05, 0.1) is 26.9 Å². The van der Waals surface area contributed by atoms with E-state index < -0.39 is 0 Å². The van der Waals surface area contributed by atoms with E-state index in [1.807, 2.05) is 55.2 Å². The van der Waals surface area contributed by atoms with Gasteiger partial charge < -0.3 is 4.57 Å². The van der Waals surface area contributed by atoms with Crippen LogP contribution in [0, 0.1) is 0 Å². The number of pyridine rings is 3. The Hall–Kier alpha value is -5.98. The molecule has 0 radical (unpaired) electrons. The number of para-hydroxylation sites is 1. The molecule has 9 aromatic rings. The third-order valence-corrected chi connectivity index (χ3v) is 9.54. The quantitative estimate of drug-likeness (QED) is 0.195. The number of fused-ring (bicyclic) bond motifs is 4. The third-order valence-electron chi connectivity index (χ3n) is 8.47. The van der Waals surface area contributed by atoms with Gasteiger partial charge in [-0.15, -0.1) is 11.3 Å². The van der Waals surface area contributed by atoms with Gasteiger partial charge in [0.1, 0.15) is 5.01 Å². The van der Waals surface area contributed by atoms with E-state index in [1.54, 1.807) is 11.3 Å². The van der Waals surface area contributed by atoms with Gasteiger partial charge >= 0.3 is 0 Å². The predicted molar refractivity (Wildman–Crippen MR) is 189 cm³/mol. The molecule has 0 unspecified atom stereocenters. The number of hydrogen-bond donors (Lipinski definition) is 0. The first-order chi connectivity index (χ1) is 22.8. The van der Waals surface area contributed by atoms with Crippen molar-refractivity contribution in [1.82, 2.24) is 24.5 Å². The number of nitrogens with zero attached hydrogens (tertiary/aromatic N) is 5. The van der Waals surface area contributed by atoms with Gasteiger partial charge in [0.2, 0.25) is 0 Å². The van der Waals surface area contributed by atoms with Gasteiger partial charge in [-0.1, -0.05) is 42.5 Å². The SMILES string of the molecule is c1ccc(-c2cc(-c3ccncc3)cc(-n3c4ccccc4c4ccc(-c5nc6ccc(-c7ccncc7)cc6s5)cc43)c2)nc1. The fourth-order valence-electron chi connectivity index (χ4n) is 6.29. The standard InChI is InChI=1S/C40H25N5S/c1-2-7-37-33(5-1)34-10-8-29(40-44-36-11-9-28(25-39(36)46-40)26-12-17-41-18-13-26)24-38(34)45(37)32-22-30(27-14-19-42-20-15-27)21-31(23-32)35-6-3-4-16-43-35/h1-25H. The van der Waals surface area contributed by atoms with E-state index in [2.05, 4.69) is 112 Å². The zero-order valence-corrected chi connectivity index (χ0v) is 25.4. The fraction of sp³-hybridized carbons (Fsp3) is 0. The second-order valence-electron chi connectivity index (χ2n) is 11.2. The van der Waals surface area contributed by atoms with Gasteiger partial charge in [0.15, 0.2) is 0 Å². The van der Waals surface area contributed by atoms with Crippen molar-refractivity contribution in [2.75, 3.05) is 0 Å². The van der Waals surface area contributed by atoms with Crippen LogP contribution < -0.4 is 0 Å². The lowest BCUT2D eigenvalue weighted by atomic mass is 10.0. The molecule has 46 heavy (non-hydrogen) atoms. The number of hydrogen-bond acceptors (Lipinski definition) is 5. The van der Waals surface area contributed by atoms with E-state index in [0.717, 1.165) is 65.5 Å². The molecule has 0 aliphatic rings. The first kappa shape index (κ1) is 26.4. The van der Waals surface area contributed by atoms with Crippen LogP contribution in [0.5, 0.6) is 0 Å². The van der Waals surface area contributed by atoms with Crippen LogP contribution in [0.4, 0.5) is 0 Å². The second-order valence-corrected chi connectivity index (χ2v) is 12.3. The molecule has 5 aromatic heterocycles. The maximum absolute atomic E-state index is 5.07. The minimum absolute atomic E-state index is 0.932. The summed E-state index contributed by atoms with van der Waals surface area (Å²) in [4.78, 5) is 18.2. The molecule has 6 heteroatoms. The Kier molecular flexibility index (Phi) is 6.25. The highest BCUT2D eigenvalue weighted by Gasteiger charge is 2.17. The first-order valence-corrected chi connectivity index (χ1v) is 15.9. The van der Waals surface area contributed by atoms with Crippen molar-refractivity contribution < 1.29 is 0 Å². The topological polar surface area (TPSA) is 56.5 Å². The molecular weight excluding hydrogens is 583 g/mol. The summed E-state index contributed by atoms with van der Waals surface area (Å²) >= 11 is 1.73. The van der Waals surface area contributed by atoms with Crippen LogP contribution >= 0.6 is 11.3 Å². The Labute approximate surface area is 269 Å². The van der Waals surface area contributed by atoms with E-state index in [-0.39, 0.29) is 0 Å². The molecule has 9 rings (SSSR count). The molecule has 4 aromatic carbocycles. The van der Waals surface area contributed by atoms with Gasteiger partial charge in [-0.2, -0.15) is 0 Å². The van der Waals surface area contributed by atoms with E-state index in [9.17, 15) is 0 Å². The molecule has 0 spiro atoms. The molecule has 0 aliphatic heterocycles. The maximum atomic E-state index is 5.07. The van der Waals surface area contributed by atoms with Crippen LogP contribution in [0.3, 0.4) is 0 Å². The van der Waals surface area contributed by atoms with Crippen molar-refractivity contribution in [3.63, 3.8) is 0 Å². The van der Waals surface area contributed by atoms with E-state index >= 15 is 0 Å². The van der Waals surface area contributed by atoms with Crippen molar-refractivity contribution in [2.45, 2.75) is 0 Å². The fourth-order valence-corrected chi connectivity index (χ4v) is 7.29. The smallest absolute Gasteiger partial charge is 0.124 e. The summed E-state index contributed by atoms with van der Waals surface area (Å²) in [5.41, 5.74) is 12.0. The molecule has 0 bridgehead atoms. The number of aromatic nitrogens is 5. The average molecular weight is 608 g/mol. The lowest BCUT2D eigenvalue weighted by molar-refractivity contribution is 1.18. The highest BCUT2D eigenvalue weighted by molar-refractivity contribution is 7.21. The summed E-state index contributed by atoms with van der Waals surface area (Å²) in [5, 5.41) is 3.42. The molecule has 0 saturated heterocycles. The lowest BCUT2D eigenvalue weighted by Crippen LogP contribution is -1.96. The average Bonchev–Trinajstić information content (AvgIpc) is 3.71. The van der Waals surface area contributed by atoms with E-state index in [1.165, 1.54) is 16.3 Å². The van der Waals surface area contributed by atoms with Gasteiger partial charge in [-0.05, 0) is 101 Å². The molecule has 5 nitrogen and oxygen atoms in total. The first-order valence-electron chi connectivity index (χ1n) is 15.1. The Morgan fingerprint density at radius 1 is 0.478 bits per heavy atom. The Morgan fingerprint density at radius 3 is 2.00 bits per heavy atom. The minimum atomic E-state index is 0.932. The Balaban J connectivity index is 1.25. The number of benzene rings is 4. The lowest BCUT2D eigenvalue weighted by Gasteiger charge is -2.14. The summed E-state index contributed by atoms with van der Waals surface area (Å²) in [5.74, 6) is 0. The molecule has 0 atom stereocenters. The van der Waals surface area contributed by atoms with Gasteiger partial charge in [0.25, 0.3) is 0 Å². The van der Waals surface area contributed by atoms with Crippen LogP contribution in [0.2, 0.25) is 0 Å². The van der Waals surface area contributed by atoms with Gasteiger partial charge in [-0.25, -0.2) is 4.98 Å². The molecule has 0 fully saturated rings. The molecule has 0 amide bonds. The van der Waals surface area contributed by atoms with Gasteiger partial charge in [0, 0.05) is 58.6 Å². The van der Waals surface area contributed by atoms with Crippen LogP contribution in [0.15, 0.2) is 152 Å². The van der Waals surface area contributed by atoms with Crippen LogP contribution in [0.1, 0.15) is 0 Å². The number of rotatable bonds is 5. The third kappa shape index (κ3) is 4.55. The Bertz CT molecular complexity index is 2460. The highest BCUT2D eigenvalue weighted by Crippen LogP contribution is 2.39. The van der Waals surface area contributed by atoms with Crippen molar-refractivity contribution in [2.24, 2.45) is 0 Å². The zero-order valence-electron chi connectivity index (χ0n) is 24.6. The minimum Gasteiger partial charge on any atom is -0.309 e. The second kappa shape index (κ2) is 10.9. The number of thiazole rings is 1. The Morgan fingerprint density at radius 2 is 1.20 bits per heavy atom. The van der Waals surface area contributed by atoms with E-state index in [0.29, 0.717) is 0 Å². The largest absolute Gasteiger partial charge is 0.309 e. The van der Waals surface area contributed by atoms with Crippen molar-refractivity contribution >= 4 is 43.4 Å². The molecule has 5 heterocycles. The summed E-state index contributed by atoms with van der Waals surface area (Å²) in [6, 6.07) is 42.8. The molecule has 216 valence electrons. The summed E-state index contributed by atoms with van der Waals surface area (Å²) < 4.78 is 3.54. The molecule has 0 saturated carbocycles. The predicted octanol–water partition coefficient (Wildman–Crippen LogP) is 10.2. The van der Waals surface area contributed by atoms with Crippen LogP contribution in [0.25, 0.3) is 81.8 Å². The highest BCUT2D eigenvalue weighted by atomic mass is 32.1. The summed E-state index contributed by atoms with van der Waals surface area (Å²) in [7, 11) is 0. The van der Waals surface area contributed by atoms with Crippen molar-refractivity contribution in [3.8, 4) is 49.8 Å². The van der Waals surface area contributed by atoms with Crippen molar-refractivity contribution in [3.05, 3.63) is 152 Å². The molecule has 0 N–H and O–H groups in total. The van der Waals surface area contributed by atoms with Crippen LogP contribution in [-0.2, 0) is 0 Å². The monoisotopic (exact) mass is 607 g/mol. The maximum Gasteiger partial charge on any atom is 0.124 e. The van der Waals surface area contributed by atoms with E-state index in [4.69, 9.17) is 9.97 Å². The molecule has 0 aliphatic carbocycles. The summed E-state index contributed by atoms with van der Waals surface area (Å²) in [6.07, 6.45) is 9.19. The van der Waals surface area contributed by atoms with Crippen LogP contribution in [-0.4, -0.2) is 24.5 Å². The zero-order chi connectivity index (χ0) is 30.5. The van der Waals surface area contributed by atoms with Crippen molar-refractivity contribution in [1.29, 1.82) is 0 Å². The molecular formula is C40H25N5S. The van der Waals surface area contributed by atoms with Gasteiger partial charge in [-0.3, -0.25) is 15.0 Å².